The molecule has 8 nitrogen and oxygen atoms in total. The van der Waals surface area contributed by atoms with Crippen LogP contribution in [0, 0.1) is 0 Å². The van der Waals surface area contributed by atoms with E-state index < -0.39 is 6.61 Å². The van der Waals surface area contributed by atoms with E-state index in [1.807, 2.05) is 25.1 Å². The molecule has 0 aliphatic carbocycles. The largest absolute Gasteiger partial charge is 0.447 e. The number of ether oxygens (including phenoxy) is 1. The predicted molar refractivity (Wildman–Crippen MR) is 95.2 cm³/mol. The standard InChI is InChI=1S/C17H24N4O4/c1-2-18-14-11-13(21-9-10-25-17(21)24)3-4-15(14)19-5-7-20(8-6-19)16(23)12-22/h3-4,11,18,22H,2,5-10,12H2,1H3. The van der Waals surface area contributed by atoms with Gasteiger partial charge in [-0.3, -0.25) is 9.69 Å². The maximum atomic E-state index is 11.8. The number of anilines is 3. The van der Waals surface area contributed by atoms with Crippen molar-refractivity contribution in [1.82, 2.24) is 4.90 Å². The Bertz CT molecular complexity index is 644. The van der Waals surface area contributed by atoms with Crippen molar-refractivity contribution in [3.05, 3.63) is 18.2 Å². The quantitative estimate of drug-likeness (QED) is 0.815. The van der Waals surface area contributed by atoms with Gasteiger partial charge in [-0.2, -0.15) is 0 Å². The molecule has 1 aromatic carbocycles. The summed E-state index contributed by atoms with van der Waals surface area (Å²) in [7, 11) is 0. The molecule has 8 heteroatoms. The summed E-state index contributed by atoms with van der Waals surface area (Å²) in [5, 5.41) is 12.3. The number of hydrogen-bond acceptors (Lipinski definition) is 6. The highest BCUT2D eigenvalue weighted by molar-refractivity contribution is 5.91. The van der Waals surface area contributed by atoms with Crippen LogP contribution in [0.25, 0.3) is 0 Å². The molecule has 0 unspecified atom stereocenters. The Balaban J connectivity index is 1.77. The molecule has 0 aromatic heterocycles. The first-order valence-corrected chi connectivity index (χ1v) is 8.60. The predicted octanol–water partition coefficient (Wildman–Crippen LogP) is 0.716. The highest BCUT2D eigenvalue weighted by Crippen LogP contribution is 2.32. The summed E-state index contributed by atoms with van der Waals surface area (Å²) in [5.74, 6) is -0.227. The van der Waals surface area contributed by atoms with Crippen molar-refractivity contribution in [2.24, 2.45) is 0 Å². The normalized spacial score (nSPS) is 17.7. The first kappa shape index (κ1) is 17.3. The molecule has 1 aromatic rings. The van der Waals surface area contributed by atoms with Gasteiger partial charge in [0.2, 0.25) is 5.91 Å². The average Bonchev–Trinajstić information content (AvgIpc) is 3.07. The lowest BCUT2D eigenvalue weighted by atomic mass is 10.1. The first-order chi connectivity index (χ1) is 12.1. The van der Waals surface area contributed by atoms with Gasteiger partial charge in [0.1, 0.15) is 13.2 Å². The summed E-state index contributed by atoms with van der Waals surface area (Å²) >= 11 is 0. The number of nitrogens with one attached hydrogen (secondary N) is 1. The molecule has 2 N–H and O–H groups in total. The van der Waals surface area contributed by atoms with E-state index in [0.29, 0.717) is 39.3 Å². The number of carbonyl (C=O) groups is 2. The molecule has 136 valence electrons. The molecule has 3 rings (SSSR count). The Morgan fingerprint density at radius 2 is 2.00 bits per heavy atom. The minimum atomic E-state index is -0.441. The van der Waals surface area contributed by atoms with E-state index in [2.05, 4.69) is 10.2 Å². The van der Waals surface area contributed by atoms with E-state index in [1.165, 1.54) is 0 Å². The van der Waals surface area contributed by atoms with Crippen molar-refractivity contribution < 1.29 is 19.4 Å². The van der Waals surface area contributed by atoms with Gasteiger partial charge in [-0.05, 0) is 25.1 Å². The van der Waals surface area contributed by atoms with Crippen LogP contribution in [0.5, 0.6) is 0 Å². The topological polar surface area (TPSA) is 85.4 Å². The number of hydrogen-bond donors (Lipinski definition) is 2. The molecule has 2 aliphatic heterocycles. The minimum absolute atomic E-state index is 0.227. The van der Waals surface area contributed by atoms with Crippen molar-refractivity contribution in [2.75, 3.05) is 67.6 Å². The highest BCUT2D eigenvalue weighted by Gasteiger charge is 2.26. The third kappa shape index (κ3) is 3.63. The van der Waals surface area contributed by atoms with Gasteiger partial charge in [-0.25, -0.2) is 4.79 Å². The van der Waals surface area contributed by atoms with Gasteiger partial charge in [0.25, 0.3) is 0 Å². The summed E-state index contributed by atoms with van der Waals surface area (Å²) in [6, 6.07) is 5.90. The van der Waals surface area contributed by atoms with Gasteiger partial charge in [0.05, 0.1) is 17.9 Å². The fourth-order valence-electron chi connectivity index (χ4n) is 3.22. The van der Waals surface area contributed by atoms with Crippen LogP contribution in [0.2, 0.25) is 0 Å². The maximum absolute atomic E-state index is 11.8. The Kier molecular flexibility index (Phi) is 5.28. The zero-order chi connectivity index (χ0) is 17.8. The van der Waals surface area contributed by atoms with Gasteiger partial charge < -0.3 is 25.0 Å². The van der Waals surface area contributed by atoms with E-state index in [4.69, 9.17) is 9.84 Å². The summed E-state index contributed by atoms with van der Waals surface area (Å²) < 4.78 is 5.01. The van der Waals surface area contributed by atoms with Gasteiger partial charge in [0.15, 0.2) is 0 Å². The Labute approximate surface area is 146 Å². The number of carbonyl (C=O) groups excluding carboxylic acids is 2. The Morgan fingerprint density at radius 3 is 2.60 bits per heavy atom. The van der Waals surface area contributed by atoms with Crippen LogP contribution in [0.3, 0.4) is 0 Å². The number of aliphatic hydroxyl groups is 1. The lowest BCUT2D eigenvalue weighted by Crippen LogP contribution is -2.49. The van der Waals surface area contributed by atoms with Gasteiger partial charge in [-0.1, -0.05) is 0 Å². The van der Waals surface area contributed by atoms with Crippen LogP contribution >= 0.6 is 0 Å². The maximum Gasteiger partial charge on any atom is 0.414 e. The Morgan fingerprint density at radius 1 is 1.24 bits per heavy atom. The molecule has 2 saturated heterocycles. The molecule has 2 aliphatic rings. The molecule has 2 amide bonds. The minimum Gasteiger partial charge on any atom is -0.447 e. The van der Waals surface area contributed by atoms with Crippen LogP contribution < -0.4 is 15.1 Å². The third-order valence-electron chi connectivity index (χ3n) is 4.53. The van der Waals surface area contributed by atoms with Crippen LogP contribution in [0.1, 0.15) is 6.92 Å². The van der Waals surface area contributed by atoms with Gasteiger partial charge >= 0.3 is 6.09 Å². The molecule has 0 radical (unpaired) electrons. The molecule has 0 spiro atoms. The first-order valence-electron chi connectivity index (χ1n) is 8.60. The molecule has 0 saturated carbocycles. The monoisotopic (exact) mass is 348 g/mol. The number of benzene rings is 1. The smallest absolute Gasteiger partial charge is 0.414 e. The number of piperazine rings is 1. The Hall–Kier alpha value is -2.48. The summed E-state index contributed by atoms with van der Waals surface area (Å²) in [4.78, 5) is 28.9. The van der Waals surface area contributed by atoms with Crippen molar-refractivity contribution in [1.29, 1.82) is 0 Å². The van der Waals surface area contributed by atoms with Crippen LogP contribution in [0.4, 0.5) is 21.9 Å². The van der Waals surface area contributed by atoms with Gasteiger partial charge in [-0.15, -0.1) is 0 Å². The van der Waals surface area contributed by atoms with Gasteiger partial charge in [0, 0.05) is 38.4 Å². The zero-order valence-corrected chi connectivity index (χ0v) is 14.4. The molecular formula is C17H24N4O4. The second-order valence-electron chi connectivity index (χ2n) is 6.02. The van der Waals surface area contributed by atoms with E-state index in [-0.39, 0.29) is 12.0 Å². The van der Waals surface area contributed by atoms with Crippen LogP contribution in [-0.4, -0.2) is 74.5 Å². The molecule has 25 heavy (non-hydrogen) atoms. The highest BCUT2D eigenvalue weighted by atomic mass is 16.6. The van der Waals surface area contributed by atoms with E-state index in [0.717, 1.165) is 23.6 Å². The lowest BCUT2D eigenvalue weighted by molar-refractivity contribution is -0.134. The van der Waals surface area contributed by atoms with E-state index in [1.54, 1.807) is 9.80 Å². The molecule has 0 bridgehead atoms. The number of cyclic esters (lactones) is 1. The summed E-state index contributed by atoms with van der Waals surface area (Å²) in [6.45, 7) is 5.91. The number of amides is 2. The van der Waals surface area contributed by atoms with Crippen LogP contribution in [0.15, 0.2) is 18.2 Å². The molecule has 0 atom stereocenters. The summed E-state index contributed by atoms with van der Waals surface area (Å²) in [6.07, 6.45) is -0.314. The second-order valence-corrected chi connectivity index (χ2v) is 6.02. The second kappa shape index (κ2) is 7.60. The summed E-state index contributed by atoms with van der Waals surface area (Å²) in [5.41, 5.74) is 2.83. The number of rotatable bonds is 5. The van der Waals surface area contributed by atoms with E-state index >= 15 is 0 Å². The van der Waals surface area contributed by atoms with Crippen molar-refractivity contribution in [2.45, 2.75) is 6.92 Å². The fourth-order valence-corrected chi connectivity index (χ4v) is 3.22. The number of aliphatic hydroxyl groups excluding tert-OH is 1. The fraction of sp³-hybridized carbons (Fsp3) is 0.529. The number of nitrogens with zero attached hydrogens (tertiary/aromatic N) is 3. The lowest BCUT2D eigenvalue weighted by Gasteiger charge is -2.37. The zero-order valence-electron chi connectivity index (χ0n) is 14.4. The third-order valence-corrected chi connectivity index (χ3v) is 4.53. The molecule has 2 heterocycles. The van der Waals surface area contributed by atoms with E-state index in [9.17, 15) is 9.59 Å². The molecular weight excluding hydrogens is 324 g/mol. The molecule has 2 fully saturated rings. The van der Waals surface area contributed by atoms with Crippen LogP contribution in [-0.2, 0) is 9.53 Å². The average molecular weight is 348 g/mol. The van der Waals surface area contributed by atoms with Crippen molar-refractivity contribution in [3.63, 3.8) is 0 Å². The van der Waals surface area contributed by atoms with Crippen molar-refractivity contribution in [3.8, 4) is 0 Å². The van der Waals surface area contributed by atoms with Crippen molar-refractivity contribution >= 4 is 29.1 Å². The SMILES string of the molecule is CCNc1cc(N2CCOC2=O)ccc1N1CCN(C(=O)CO)CC1.